The van der Waals surface area contributed by atoms with Crippen LogP contribution in [0.5, 0.6) is 0 Å². The summed E-state index contributed by atoms with van der Waals surface area (Å²) >= 11 is 0. The van der Waals surface area contributed by atoms with Gasteiger partial charge in [0.05, 0.1) is 0 Å². The van der Waals surface area contributed by atoms with Crippen LogP contribution >= 0.6 is 0 Å². The van der Waals surface area contributed by atoms with E-state index in [1.165, 1.54) is 38.8 Å². The summed E-state index contributed by atoms with van der Waals surface area (Å²) < 4.78 is 5.46. The molecule has 0 atom stereocenters. The summed E-state index contributed by atoms with van der Waals surface area (Å²) in [6.07, 6.45) is 6.68. The summed E-state index contributed by atoms with van der Waals surface area (Å²) in [5.74, 6) is 0. The standard InChI is InChI=1S/C13H24N2O/c1-3-14-12-4-8-15(9-5-12)13(2)6-10-16-11-7-13/h3,12,14H,1,4-11H2,2H3. The minimum atomic E-state index is 0.386. The van der Waals surface area contributed by atoms with Gasteiger partial charge in [0.15, 0.2) is 0 Å². The first-order valence-electron chi connectivity index (χ1n) is 6.44. The van der Waals surface area contributed by atoms with Crippen molar-refractivity contribution in [3.05, 3.63) is 12.8 Å². The highest BCUT2D eigenvalue weighted by atomic mass is 16.5. The molecule has 16 heavy (non-hydrogen) atoms. The highest BCUT2D eigenvalue weighted by Crippen LogP contribution is 2.30. The number of piperidine rings is 1. The van der Waals surface area contributed by atoms with Crippen LogP contribution in [0.4, 0.5) is 0 Å². The van der Waals surface area contributed by atoms with Crippen LogP contribution in [0.2, 0.25) is 0 Å². The third-order valence-corrected chi connectivity index (χ3v) is 4.18. The molecule has 0 radical (unpaired) electrons. The molecule has 1 N–H and O–H groups in total. The van der Waals surface area contributed by atoms with E-state index in [0.29, 0.717) is 11.6 Å². The van der Waals surface area contributed by atoms with Crippen molar-refractivity contribution in [3.8, 4) is 0 Å². The minimum absolute atomic E-state index is 0.386. The monoisotopic (exact) mass is 224 g/mol. The normalized spacial score (nSPS) is 27.6. The molecule has 0 spiro atoms. The van der Waals surface area contributed by atoms with Gasteiger partial charge in [0.2, 0.25) is 0 Å². The average Bonchev–Trinajstić information content (AvgIpc) is 2.31. The maximum Gasteiger partial charge on any atom is 0.0483 e. The quantitative estimate of drug-likeness (QED) is 0.790. The average molecular weight is 224 g/mol. The molecule has 2 rings (SSSR count). The lowest BCUT2D eigenvalue weighted by Crippen LogP contribution is -2.54. The molecular weight excluding hydrogens is 200 g/mol. The molecule has 0 aliphatic carbocycles. The van der Waals surface area contributed by atoms with Gasteiger partial charge in [-0.25, -0.2) is 0 Å². The van der Waals surface area contributed by atoms with E-state index in [-0.39, 0.29) is 0 Å². The number of likely N-dealkylation sites (tertiary alicyclic amines) is 1. The molecule has 0 unspecified atom stereocenters. The maximum atomic E-state index is 5.46. The Hall–Kier alpha value is -0.540. The zero-order valence-electron chi connectivity index (χ0n) is 10.4. The van der Waals surface area contributed by atoms with E-state index < -0.39 is 0 Å². The first-order valence-corrected chi connectivity index (χ1v) is 6.44. The van der Waals surface area contributed by atoms with Gasteiger partial charge < -0.3 is 10.1 Å². The van der Waals surface area contributed by atoms with Crippen molar-refractivity contribution >= 4 is 0 Å². The van der Waals surface area contributed by atoms with Gasteiger partial charge in [-0.05, 0) is 38.8 Å². The molecule has 2 aliphatic rings. The van der Waals surface area contributed by atoms with Crippen molar-refractivity contribution in [2.45, 2.75) is 44.2 Å². The fraction of sp³-hybridized carbons (Fsp3) is 0.846. The first kappa shape index (κ1) is 11.9. The molecule has 0 aromatic carbocycles. The maximum absolute atomic E-state index is 5.46. The Morgan fingerprint density at radius 3 is 2.50 bits per heavy atom. The van der Waals surface area contributed by atoms with Crippen molar-refractivity contribution in [1.82, 2.24) is 10.2 Å². The molecule has 2 heterocycles. The van der Waals surface area contributed by atoms with Crippen LogP contribution in [0, 0.1) is 0 Å². The molecule has 2 fully saturated rings. The molecule has 0 aromatic rings. The number of ether oxygens (including phenoxy) is 1. The van der Waals surface area contributed by atoms with Gasteiger partial charge >= 0.3 is 0 Å². The Morgan fingerprint density at radius 1 is 1.31 bits per heavy atom. The smallest absolute Gasteiger partial charge is 0.0483 e. The number of rotatable bonds is 3. The summed E-state index contributed by atoms with van der Waals surface area (Å²) in [7, 11) is 0. The summed E-state index contributed by atoms with van der Waals surface area (Å²) in [6, 6.07) is 0.636. The highest BCUT2D eigenvalue weighted by Gasteiger charge is 2.35. The molecule has 0 saturated carbocycles. The second-order valence-corrected chi connectivity index (χ2v) is 5.24. The summed E-state index contributed by atoms with van der Waals surface area (Å²) in [5.41, 5.74) is 0.386. The fourth-order valence-electron chi connectivity index (χ4n) is 2.88. The van der Waals surface area contributed by atoms with Gasteiger partial charge in [0.1, 0.15) is 0 Å². The van der Waals surface area contributed by atoms with Crippen molar-refractivity contribution in [1.29, 1.82) is 0 Å². The molecule has 2 saturated heterocycles. The SMILES string of the molecule is C=CNC1CCN(C2(C)CCOCC2)CC1. The van der Waals surface area contributed by atoms with Crippen molar-refractivity contribution in [2.24, 2.45) is 0 Å². The zero-order valence-corrected chi connectivity index (χ0v) is 10.4. The van der Waals surface area contributed by atoms with Crippen LogP contribution in [0.1, 0.15) is 32.6 Å². The predicted molar refractivity (Wildman–Crippen MR) is 66.4 cm³/mol. The second kappa shape index (κ2) is 5.19. The Bertz CT molecular complexity index is 228. The Morgan fingerprint density at radius 2 is 1.94 bits per heavy atom. The second-order valence-electron chi connectivity index (χ2n) is 5.24. The van der Waals surface area contributed by atoms with E-state index in [1.54, 1.807) is 0 Å². The third kappa shape index (κ3) is 2.58. The number of hydrogen-bond acceptors (Lipinski definition) is 3. The van der Waals surface area contributed by atoms with Gasteiger partial charge in [0.25, 0.3) is 0 Å². The van der Waals surface area contributed by atoms with Gasteiger partial charge in [-0.3, -0.25) is 4.90 Å². The van der Waals surface area contributed by atoms with Gasteiger partial charge in [-0.1, -0.05) is 6.58 Å². The first-order chi connectivity index (χ1) is 7.74. The molecule has 0 bridgehead atoms. The summed E-state index contributed by atoms with van der Waals surface area (Å²) in [5, 5.41) is 3.33. The molecule has 0 aromatic heterocycles. The molecule has 92 valence electrons. The highest BCUT2D eigenvalue weighted by molar-refractivity contribution is 4.92. The number of nitrogens with zero attached hydrogens (tertiary/aromatic N) is 1. The lowest BCUT2D eigenvalue weighted by Gasteiger charge is -2.47. The van der Waals surface area contributed by atoms with E-state index in [4.69, 9.17) is 4.74 Å². The fourth-order valence-corrected chi connectivity index (χ4v) is 2.88. The van der Waals surface area contributed by atoms with Crippen LogP contribution < -0.4 is 5.32 Å². The molecular formula is C13H24N2O. The van der Waals surface area contributed by atoms with Crippen LogP contribution in [-0.2, 0) is 4.74 Å². The lowest BCUT2D eigenvalue weighted by molar-refractivity contribution is -0.0289. The van der Waals surface area contributed by atoms with Crippen molar-refractivity contribution < 1.29 is 4.74 Å². The van der Waals surface area contributed by atoms with Crippen LogP contribution in [0.25, 0.3) is 0 Å². The van der Waals surface area contributed by atoms with E-state index >= 15 is 0 Å². The molecule has 3 nitrogen and oxygen atoms in total. The van der Waals surface area contributed by atoms with Crippen LogP contribution in [-0.4, -0.2) is 42.8 Å². The van der Waals surface area contributed by atoms with Crippen LogP contribution in [0.15, 0.2) is 12.8 Å². The molecule has 0 amide bonds. The van der Waals surface area contributed by atoms with E-state index in [9.17, 15) is 0 Å². The number of nitrogens with one attached hydrogen (secondary N) is 1. The summed E-state index contributed by atoms with van der Waals surface area (Å²) in [4.78, 5) is 2.66. The number of hydrogen-bond donors (Lipinski definition) is 1. The van der Waals surface area contributed by atoms with E-state index in [0.717, 1.165) is 13.2 Å². The molecule has 2 aliphatic heterocycles. The Balaban J connectivity index is 1.85. The van der Waals surface area contributed by atoms with E-state index in [2.05, 4.69) is 23.7 Å². The Labute approximate surface area is 98.8 Å². The van der Waals surface area contributed by atoms with Gasteiger partial charge in [-0.15, -0.1) is 0 Å². The largest absolute Gasteiger partial charge is 0.389 e. The minimum Gasteiger partial charge on any atom is -0.389 e. The van der Waals surface area contributed by atoms with Crippen LogP contribution in [0.3, 0.4) is 0 Å². The predicted octanol–water partition coefficient (Wildman–Crippen LogP) is 1.75. The lowest BCUT2D eigenvalue weighted by atomic mass is 9.88. The molecule has 3 heteroatoms. The summed E-state index contributed by atoms with van der Waals surface area (Å²) in [6.45, 7) is 10.4. The van der Waals surface area contributed by atoms with Crippen molar-refractivity contribution in [2.75, 3.05) is 26.3 Å². The Kier molecular flexibility index (Phi) is 3.87. The zero-order chi connectivity index (χ0) is 11.4. The van der Waals surface area contributed by atoms with Gasteiger partial charge in [0, 0.05) is 37.9 Å². The third-order valence-electron chi connectivity index (χ3n) is 4.18. The van der Waals surface area contributed by atoms with Gasteiger partial charge in [-0.2, -0.15) is 0 Å². The topological polar surface area (TPSA) is 24.5 Å². The van der Waals surface area contributed by atoms with Crippen molar-refractivity contribution in [3.63, 3.8) is 0 Å². The van der Waals surface area contributed by atoms with E-state index in [1.807, 2.05) is 6.20 Å².